The molecular weight excluding hydrogens is 310 g/mol. The summed E-state index contributed by atoms with van der Waals surface area (Å²) < 4.78 is 10.8. The molecule has 2 heterocycles. The average molecular weight is 325 g/mol. The Labute approximate surface area is 138 Å². The fourth-order valence-electron chi connectivity index (χ4n) is 2.51. The van der Waals surface area contributed by atoms with E-state index < -0.39 is 11.6 Å². The standard InChI is InChI=1S/C17H15N3O4/c1-17(14-3-2-9-24-14)15(21)20(16(22)19-17)8-10-23-13-6-4-12(11-18)5-7-13/h2-7,9H,8,10H2,1H3,(H,19,22)/t17-/m0/s1. The summed E-state index contributed by atoms with van der Waals surface area (Å²) in [5.74, 6) is 0.567. The average Bonchev–Trinajstić information content (AvgIpc) is 3.19. The van der Waals surface area contributed by atoms with Crippen LogP contribution in [0, 0.1) is 11.3 Å². The lowest BCUT2D eigenvalue weighted by Gasteiger charge is -2.19. The van der Waals surface area contributed by atoms with Crippen molar-refractivity contribution < 1.29 is 18.7 Å². The van der Waals surface area contributed by atoms with Crippen LogP contribution in [0.1, 0.15) is 18.2 Å². The fraction of sp³-hybridized carbons (Fsp3) is 0.235. The summed E-state index contributed by atoms with van der Waals surface area (Å²) in [4.78, 5) is 25.7. The second kappa shape index (κ2) is 6.08. The molecule has 0 radical (unpaired) electrons. The minimum absolute atomic E-state index is 0.112. The highest BCUT2D eigenvalue weighted by Crippen LogP contribution is 2.28. The number of hydrogen-bond acceptors (Lipinski definition) is 5. The largest absolute Gasteiger partial charge is 0.492 e. The molecule has 3 amide bonds. The molecule has 7 nitrogen and oxygen atoms in total. The van der Waals surface area contributed by atoms with E-state index in [1.165, 1.54) is 6.26 Å². The van der Waals surface area contributed by atoms with Crippen molar-refractivity contribution in [2.45, 2.75) is 12.5 Å². The van der Waals surface area contributed by atoms with Crippen molar-refractivity contribution in [2.24, 2.45) is 0 Å². The van der Waals surface area contributed by atoms with Gasteiger partial charge in [-0.1, -0.05) is 0 Å². The van der Waals surface area contributed by atoms with Crippen molar-refractivity contribution in [3.8, 4) is 11.8 Å². The Morgan fingerprint density at radius 1 is 1.29 bits per heavy atom. The maximum atomic E-state index is 12.6. The van der Waals surface area contributed by atoms with Gasteiger partial charge in [-0.15, -0.1) is 0 Å². The number of imide groups is 1. The third kappa shape index (κ3) is 2.70. The second-order valence-corrected chi connectivity index (χ2v) is 5.47. The van der Waals surface area contributed by atoms with E-state index in [-0.39, 0.29) is 19.1 Å². The molecule has 0 spiro atoms. The molecule has 24 heavy (non-hydrogen) atoms. The van der Waals surface area contributed by atoms with E-state index in [9.17, 15) is 9.59 Å². The molecular formula is C17H15N3O4. The number of nitrogens with one attached hydrogen (secondary N) is 1. The molecule has 1 saturated heterocycles. The van der Waals surface area contributed by atoms with Crippen molar-refractivity contribution in [1.29, 1.82) is 5.26 Å². The van der Waals surface area contributed by atoms with Crippen molar-refractivity contribution in [2.75, 3.05) is 13.2 Å². The van der Waals surface area contributed by atoms with E-state index in [1.54, 1.807) is 43.3 Å². The minimum Gasteiger partial charge on any atom is -0.492 e. The first-order valence-corrected chi connectivity index (χ1v) is 7.35. The first-order valence-electron chi connectivity index (χ1n) is 7.35. The molecule has 1 N–H and O–H groups in total. The molecule has 0 bridgehead atoms. The molecule has 7 heteroatoms. The normalized spacial score (nSPS) is 19.9. The van der Waals surface area contributed by atoms with E-state index in [0.717, 1.165) is 4.90 Å². The van der Waals surface area contributed by atoms with E-state index in [1.807, 2.05) is 6.07 Å². The molecule has 1 atom stereocenters. The van der Waals surface area contributed by atoms with Gasteiger partial charge in [-0.05, 0) is 43.3 Å². The van der Waals surface area contributed by atoms with E-state index in [2.05, 4.69) is 5.32 Å². The lowest BCUT2D eigenvalue weighted by atomic mass is 9.99. The first-order chi connectivity index (χ1) is 11.5. The molecule has 1 fully saturated rings. The number of hydrogen-bond donors (Lipinski definition) is 1. The SMILES string of the molecule is C[C@@]1(c2ccco2)NC(=O)N(CCOc2ccc(C#N)cc2)C1=O. The highest BCUT2D eigenvalue weighted by atomic mass is 16.5. The number of ether oxygens (including phenoxy) is 1. The predicted octanol–water partition coefficient (Wildman–Crippen LogP) is 2.00. The Hall–Kier alpha value is -3.27. The number of benzene rings is 1. The topological polar surface area (TPSA) is 95.6 Å². The van der Waals surface area contributed by atoms with E-state index in [0.29, 0.717) is 17.1 Å². The van der Waals surface area contributed by atoms with Crippen molar-refractivity contribution >= 4 is 11.9 Å². The molecule has 0 saturated carbocycles. The maximum absolute atomic E-state index is 12.6. The van der Waals surface area contributed by atoms with Crippen LogP contribution in [0.25, 0.3) is 0 Å². The van der Waals surface area contributed by atoms with Crippen LogP contribution in [0.4, 0.5) is 4.79 Å². The Bertz CT molecular complexity index is 792. The van der Waals surface area contributed by atoms with Gasteiger partial charge in [0, 0.05) is 0 Å². The van der Waals surface area contributed by atoms with Crippen LogP contribution in [0.2, 0.25) is 0 Å². The molecule has 122 valence electrons. The molecule has 1 aliphatic rings. The smallest absolute Gasteiger partial charge is 0.325 e. The van der Waals surface area contributed by atoms with Crippen LogP contribution >= 0.6 is 0 Å². The fourth-order valence-corrected chi connectivity index (χ4v) is 2.51. The maximum Gasteiger partial charge on any atom is 0.325 e. The summed E-state index contributed by atoms with van der Waals surface area (Å²) in [5.41, 5.74) is -0.666. The lowest BCUT2D eigenvalue weighted by Crippen LogP contribution is -2.41. The summed E-state index contributed by atoms with van der Waals surface area (Å²) in [6.45, 7) is 1.87. The number of carbonyl (C=O) groups excluding carboxylic acids is 2. The van der Waals surface area contributed by atoms with Crippen LogP contribution in [0.3, 0.4) is 0 Å². The zero-order valence-electron chi connectivity index (χ0n) is 13.0. The molecule has 1 aromatic carbocycles. The summed E-state index contributed by atoms with van der Waals surface area (Å²) in [7, 11) is 0. The van der Waals surface area contributed by atoms with Gasteiger partial charge in [0.2, 0.25) is 0 Å². The number of nitriles is 1. The molecule has 2 aromatic rings. The number of urea groups is 1. The number of amides is 3. The second-order valence-electron chi connectivity index (χ2n) is 5.47. The van der Waals surface area contributed by atoms with Crippen molar-refractivity contribution in [3.05, 3.63) is 54.0 Å². The van der Waals surface area contributed by atoms with Gasteiger partial charge in [-0.25, -0.2) is 4.79 Å². The molecule has 1 aromatic heterocycles. The lowest BCUT2D eigenvalue weighted by molar-refractivity contribution is -0.131. The monoisotopic (exact) mass is 325 g/mol. The van der Waals surface area contributed by atoms with Gasteiger partial charge >= 0.3 is 6.03 Å². The predicted molar refractivity (Wildman–Crippen MR) is 83.0 cm³/mol. The van der Waals surface area contributed by atoms with Crippen molar-refractivity contribution in [3.63, 3.8) is 0 Å². The van der Waals surface area contributed by atoms with Crippen LogP contribution in [-0.4, -0.2) is 30.0 Å². The van der Waals surface area contributed by atoms with Crippen LogP contribution < -0.4 is 10.1 Å². The van der Waals surface area contributed by atoms with E-state index >= 15 is 0 Å². The third-order valence-electron chi connectivity index (χ3n) is 3.86. The quantitative estimate of drug-likeness (QED) is 0.848. The van der Waals surface area contributed by atoms with Gasteiger partial charge in [-0.2, -0.15) is 5.26 Å². The highest BCUT2D eigenvalue weighted by molar-refractivity contribution is 6.06. The van der Waals surface area contributed by atoms with Gasteiger partial charge in [0.05, 0.1) is 24.4 Å². The van der Waals surface area contributed by atoms with Gasteiger partial charge in [0.15, 0.2) is 5.54 Å². The van der Waals surface area contributed by atoms with Gasteiger partial charge < -0.3 is 14.5 Å². The van der Waals surface area contributed by atoms with E-state index in [4.69, 9.17) is 14.4 Å². The Morgan fingerprint density at radius 2 is 2.04 bits per heavy atom. The number of rotatable bonds is 5. The van der Waals surface area contributed by atoms with Crippen LogP contribution in [0.15, 0.2) is 47.1 Å². The number of furan rings is 1. The molecule has 1 aliphatic heterocycles. The minimum atomic E-state index is -1.20. The Kier molecular flexibility index (Phi) is 3.96. The van der Waals surface area contributed by atoms with Crippen molar-refractivity contribution in [1.82, 2.24) is 10.2 Å². The summed E-state index contributed by atoms with van der Waals surface area (Å²) in [6, 6.07) is 11.4. The van der Waals surface area contributed by atoms with Crippen LogP contribution in [-0.2, 0) is 10.3 Å². The highest BCUT2D eigenvalue weighted by Gasteiger charge is 2.50. The van der Waals surface area contributed by atoms with Gasteiger partial charge in [-0.3, -0.25) is 9.69 Å². The molecule has 0 aliphatic carbocycles. The number of carbonyl (C=O) groups is 2. The van der Waals surface area contributed by atoms with Gasteiger partial charge in [0.1, 0.15) is 18.1 Å². The summed E-state index contributed by atoms with van der Waals surface area (Å²) in [5, 5.41) is 11.4. The zero-order valence-corrected chi connectivity index (χ0v) is 13.0. The Balaban J connectivity index is 1.62. The molecule has 3 rings (SSSR count). The first kappa shape index (κ1) is 15.6. The molecule has 0 unspecified atom stereocenters. The Morgan fingerprint density at radius 3 is 2.67 bits per heavy atom. The van der Waals surface area contributed by atoms with Crippen LogP contribution in [0.5, 0.6) is 5.75 Å². The van der Waals surface area contributed by atoms with Gasteiger partial charge in [0.25, 0.3) is 5.91 Å². The third-order valence-corrected chi connectivity index (χ3v) is 3.86. The summed E-state index contributed by atoms with van der Waals surface area (Å²) >= 11 is 0. The zero-order chi connectivity index (χ0) is 17.2. The summed E-state index contributed by atoms with van der Waals surface area (Å²) in [6.07, 6.45) is 1.46. The number of nitrogens with zero attached hydrogens (tertiary/aromatic N) is 2.